The van der Waals surface area contributed by atoms with Gasteiger partial charge in [0.15, 0.2) is 0 Å². The number of carbonyl (C=O) groups excluding carboxylic acids is 1. The first-order valence-corrected chi connectivity index (χ1v) is 11.7. The molecule has 0 aliphatic carbocycles. The van der Waals surface area contributed by atoms with Gasteiger partial charge < -0.3 is 10.1 Å². The molecule has 0 atom stereocenters. The Bertz CT molecular complexity index is 1050. The fourth-order valence-electron chi connectivity index (χ4n) is 3.62. The highest BCUT2D eigenvalue weighted by atomic mass is 32.2. The minimum atomic E-state index is -4.78. The molecule has 1 aliphatic heterocycles. The molecule has 1 heterocycles. The minimum absolute atomic E-state index is 0.0214. The number of carbonyl (C=O) groups is 1. The number of nitrogens with one attached hydrogen (secondary N) is 1. The van der Waals surface area contributed by atoms with Gasteiger partial charge in [0.1, 0.15) is 12.4 Å². The second-order valence-corrected chi connectivity index (χ2v) is 9.53. The van der Waals surface area contributed by atoms with Gasteiger partial charge in [-0.3, -0.25) is 4.79 Å². The van der Waals surface area contributed by atoms with Crippen LogP contribution in [0.25, 0.3) is 0 Å². The first-order chi connectivity index (χ1) is 15.1. The number of sulfonamides is 1. The number of hydrogen-bond acceptors (Lipinski definition) is 4. The molecule has 1 fully saturated rings. The number of hydrogen-bond donors (Lipinski definition) is 1. The summed E-state index contributed by atoms with van der Waals surface area (Å²) in [6.07, 6.45) is -4.31. The van der Waals surface area contributed by atoms with Gasteiger partial charge in [-0.1, -0.05) is 24.3 Å². The maximum atomic E-state index is 13.2. The van der Waals surface area contributed by atoms with Crippen molar-refractivity contribution in [2.24, 2.45) is 5.92 Å². The Morgan fingerprint density at radius 1 is 1.12 bits per heavy atom. The SMILES string of the molecule is Cc1cccc(OCCNC(=O)C2CCN(S(=O)(=O)c3ccccc3C(F)(F)F)CC2)c1. The molecule has 0 unspecified atom stereocenters. The summed E-state index contributed by atoms with van der Waals surface area (Å²) in [7, 11) is -4.32. The van der Waals surface area contributed by atoms with E-state index in [1.807, 2.05) is 31.2 Å². The third-order valence-electron chi connectivity index (χ3n) is 5.29. The molecule has 10 heteroatoms. The van der Waals surface area contributed by atoms with Crippen LogP contribution in [0.2, 0.25) is 0 Å². The zero-order chi connectivity index (χ0) is 23.4. The molecule has 0 spiro atoms. The van der Waals surface area contributed by atoms with Crippen LogP contribution in [-0.2, 0) is 21.0 Å². The Kier molecular flexibility index (Phi) is 7.45. The van der Waals surface area contributed by atoms with Gasteiger partial charge in [-0.15, -0.1) is 0 Å². The third-order valence-corrected chi connectivity index (χ3v) is 7.25. The Hall–Kier alpha value is -2.59. The third kappa shape index (κ3) is 5.80. The predicted molar refractivity (Wildman–Crippen MR) is 113 cm³/mol. The van der Waals surface area contributed by atoms with Crippen molar-refractivity contribution < 1.29 is 31.1 Å². The topological polar surface area (TPSA) is 75.7 Å². The van der Waals surface area contributed by atoms with E-state index in [-0.39, 0.29) is 38.4 Å². The number of ether oxygens (including phenoxy) is 1. The smallest absolute Gasteiger partial charge is 0.417 e. The molecular weight excluding hydrogens is 445 g/mol. The second-order valence-electron chi connectivity index (χ2n) is 7.63. The summed E-state index contributed by atoms with van der Waals surface area (Å²) in [5.41, 5.74) is -0.125. The van der Waals surface area contributed by atoms with Gasteiger partial charge in [0.25, 0.3) is 0 Å². The maximum absolute atomic E-state index is 13.2. The van der Waals surface area contributed by atoms with Gasteiger partial charge in [-0.05, 0) is 49.6 Å². The highest BCUT2D eigenvalue weighted by Crippen LogP contribution is 2.36. The van der Waals surface area contributed by atoms with Crippen LogP contribution in [0.4, 0.5) is 13.2 Å². The van der Waals surface area contributed by atoms with Crippen molar-refractivity contribution in [3.63, 3.8) is 0 Å². The Morgan fingerprint density at radius 3 is 2.47 bits per heavy atom. The van der Waals surface area contributed by atoms with Gasteiger partial charge in [-0.25, -0.2) is 8.42 Å². The number of benzene rings is 2. The van der Waals surface area contributed by atoms with E-state index in [0.29, 0.717) is 12.3 Å². The van der Waals surface area contributed by atoms with Gasteiger partial charge in [0.05, 0.1) is 17.0 Å². The highest BCUT2D eigenvalue weighted by molar-refractivity contribution is 7.89. The van der Waals surface area contributed by atoms with E-state index < -0.39 is 32.6 Å². The summed E-state index contributed by atoms with van der Waals surface area (Å²) in [6.45, 7) is 2.49. The first-order valence-electron chi connectivity index (χ1n) is 10.2. The van der Waals surface area contributed by atoms with Crippen LogP contribution in [0.1, 0.15) is 24.0 Å². The average Bonchev–Trinajstić information content (AvgIpc) is 2.76. The predicted octanol–water partition coefficient (Wildman–Crippen LogP) is 3.61. The van der Waals surface area contributed by atoms with Crippen LogP contribution in [0, 0.1) is 12.8 Å². The van der Waals surface area contributed by atoms with E-state index in [1.54, 1.807) is 0 Å². The van der Waals surface area contributed by atoms with Crippen molar-refractivity contribution in [2.75, 3.05) is 26.2 Å². The number of halogens is 3. The summed E-state index contributed by atoms with van der Waals surface area (Å²) < 4.78 is 71.9. The van der Waals surface area contributed by atoms with E-state index >= 15 is 0 Å². The van der Waals surface area contributed by atoms with E-state index in [0.717, 1.165) is 28.1 Å². The minimum Gasteiger partial charge on any atom is -0.492 e. The lowest BCUT2D eigenvalue weighted by molar-refractivity contribution is -0.139. The first kappa shape index (κ1) is 24.1. The maximum Gasteiger partial charge on any atom is 0.417 e. The monoisotopic (exact) mass is 470 g/mol. The number of nitrogens with zero attached hydrogens (tertiary/aromatic N) is 1. The zero-order valence-electron chi connectivity index (χ0n) is 17.6. The normalized spacial score (nSPS) is 16.0. The number of rotatable bonds is 7. The van der Waals surface area contributed by atoms with Gasteiger partial charge in [0.2, 0.25) is 15.9 Å². The molecule has 3 rings (SSSR count). The molecule has 1 saturated heterocycles. The number of aryl methyl sites for hydroxylation is 1. The Balaban J connectivity index is 1.52. The Labute approximate surface area is 185 Å². The number of alkyl halides is 3. The van der Waals surface area contributed by atoms with Gasteiger partial charge in [-0.2, -0.15) is 17.5 Å². The van der Waals surface area contributed by atoms with Crippen molar-refractivity contribution in [1.29, 1.82) is 0 Å². The van der Waals surface area contributed by atoms with Crippen LogP contribution in [0.15, 0.2) is 53.4 Å². The van der Waals surface area contributed by atoms with Crippen molar-refractivity contribution >= 4 is 15.9 Å². The lowest BCUT2D eigenvalue weighted by Gasteiger charge is -2.31. The van der Waals surface area contributed by atoms with E-state index in [4.69, 9.17) is 4.74 Å². The lowest BCUT2D eigenvalue weighted by Crippen LogP contribution is -2.43. The molecule has 0 bridgehead atoms. The van der Waals surface area contributed by atoms with E-state index in [2.05, 4.69) is 5.32 Å². The lowest BCUT2D eigenvalue weighted by atomic mass is 9.97. The van der Waals surface area contributed by atoms with Crippen molar-refractivity contribution in [1.82, 2.24) is 9.62 Å². The van der Waals surface area contributed by atoms with Gasteiger partial charge in [0, 0.05) is 19.0 Å². The summed E-state index contributed by atoms with van der Waals surface area (Å²) in [5, 5.41) is 2.77. The fraction of sp³-hybridized carbons (Fsp3) is 0.409. The number of amides is 1. The van der Waals surface area contributed by atoms with Crippen LogP contribution in [0.5, 0.6) is 5.75 Å². The molecule has 0 saturated carbocycles. The molecule has 6 nitrogen and oxygen atoms in total. The van der Waals surface area contributed by atoms with Crippen LogP contribution in [0.3, 0.4) is 0 Å². The van der Waals surface area contributed by atoms with Crippen molar-refractivity contribution in [3.8, 4) is 5.75 Å². The number of piperidine rings is 1. The van der Waals surface area contributed by atoms with Crippen molar-refractivity contribution in [3.05, 3.63) is 59.7 Å². The molecule has 0 aromatic heterocycles. The summed E-state index contributed by atoms with van der Waals surface area (Å²) in [5.74, 6) is 0.0840. The van der Waals surface area contributed by atoms with E-state index in [9.17, 15) is 26.4 Å². The second kappa shape index (κ2) is 9.91. The molecule has 1 N–H and O–H groups in total. The molecule has 1 amide bonds. The summed E-state index contributed by atoms with van der Waals surface area (Å²) in [6, 6.07) is 11.7. The molecule has 174 valence electrons. The van der Waals surface area contributed by atoms with Gasteiger partial charge >= 0.3 is 6.18 Å². The molecule has 2 aromatic rings. The molecule has 1 aliphatic rings. The van der Waals surface area contributed by atoms with Crippen LogP contribution >= 0.6 is 0 Å². The van der Waals surface area contributed by atoms with E-state index in [1.165, 1.54) is 6.07 Å². The summed E-state index contributed by atoms with van der Waals surface area (Å²) >= 11 is 0. The van der Waals surface area contributed by atoms with Crippen LogP contribution < -0.4 is 10.1 Å². The summed E-state index contributed by atoms with van der Waals surface area (Å²) in [4.78, 5) is 11.6. The van der Waals surface area contributed by atoms with Crippen molar-refractivity contribution in [2.45, 2.75) is 30.8 Å². The highest BCUT2D eigenvalue weighted by Gasteiger charge is 2.40. The molecule has 2 aromatic carbocycles. The molecular formula is C22H25F3N2O4S. The molecule has 32 heavy (non-hydrogen) atoms. The molecule has 0 radical (unpaired) electrons. The van der Waals surface area contributed by atoms with Crippen LogP contribution in [-0.4, -0.2) is 44.9 Å². The average molecular weight is 471 g/mol. The Morgan fingerprint density at radius 2 is 1.81 bits per heavy atom. The fourth-order valence-corrected chi connectivity index (χ4v) is 5.30. The zero-order valence-corrected chi connectivity index (χ0v) is 18.4. The quantitative estimate of drug-likeness (QED) is 0.628. The standard InChI is InChI=1S/C22H25F3N2O4S/c1-16-5-4-6-18(15-16)31-14-11-26-21(28)17-9-12-27(13-10-17)32(29,30)20-8-3-2-7-19(20)22(23,24)25/h2-8,15,17H,9-14H2,1H3,(H,26,28). The largest absolute Gasteiger partial charge is 0.492 e.